The van der Waals surface area contributed by atoms with Crippen molar-refractivity contribution in [3.05, 3.63) is 33.8 Å². The Balaban J connectivity index is 2.37. The van der Waals surface area contributed by atoms with Crippen LogP contribution in [0.3, 0.4) is 0 Å². The summed E-state index contributed by atoms with van der Waals surface area (Å²) >= 11 is 3.42. The highest BCUT2D eigenvalue weighted by atomic mass is 79.9. The van der Waals surface area contributed by atoms with Gasteiger partial charge in [-0.25, -0.2) is 0 Å². The van der Waals surface area contributed by atoms with E-state index in [1.54, 1.807) is 7.11 Å². The largest absolute Gasteiger partial charge is 0.383 e. The average Bonchev–Trinajstić information content (AvgIpc) is 2.39. The zero-order valence-corrected chi connectivity index (χ0v) is 13.3. The van der Waals surface area contributed by atoms with E-state index in [9.17, 15) is 4.79 Å². The normalized spacial score (nSPS) is 10.8. The number of nitrogens with zero attached hydrogens (tertiary/aromatic N) is 1. The third kappa shape index (κ3) is 5.72. The Morgan fingerprint density at radius 3 is 2.79 bits per heavy atom. The lowest BCUT2D eigenvalue weighted by molar-refractivity contribution is 0.0947. The smallest absolute Gasteiger partial charge is 0.251 e. The number of likely N-dealkylation sites (N-methyl/N-ethyl adjacent to an activating group) is 1. The summed E-state index contributed by atoms with van der Waals surface area (Å²) in [6, 6.07) is 5.60. The quantitative estimate of drug-likeness (QED) is 0.833. The molecule has 1 rings (SSSR count). The fraction of sp³-hybridized carbons (Fsp3) is 0.500. The number of halogens is 1. The van der Waals surface area contributed by atoms with Crippen molar-refractivity contribution in [1.82, 2.24) is 10.2 Å². The number of amides is 1. The first-order valence-corrected chi connectivity index (χ1v) is 7.05. The number of hydrogen-bond donors (Lipinski definition) is 1. The zero-order chi connectivity index (χ0) is 14.3. The van der Waals surface area contributed by atoms with Crippen LogP contribution in [0.4, 0.5) is 0 Å². The first-order valence-electron chi connectivity index (χ1n) is 6.26. The Kier molecular flexibility index (Phi) is 7.05. The van der Waals surface area contributed by atoms with Gasteiger partial charge in [0.1, 0.15) is 0 Å². The molecule has 0 spiro atoms. The molecule has 0 radical (unpaired) electrons. The number of ether oxygens (including phenoxy) is 1. The van der Waals surface area contributed by atoms with Crippen LogP contribution in [0, 0.1) is 6.92 Å². The van der Waals surface area contributed by atoms with E-state index in [2.05, 4.69) is 26.1 Å². The van der Waals surface area contributed by atoms with Gasteiger partial charge in [0, 0.05) is 36.8 Å². The molecule has 1 amide bonds. The molecule has 0 aromatic heterocycles. The van der Waals surface area contributed by atoms with Crippen LogP contribution in [-0.2, 0) is 4.74 Å². The molecule has 106 valence electrons. The van der Waals surface area contributed by atoms with E-state index >= 15 is 0 Å². The third-order valence-electron chi connectivity index (χ3n) is 2.88. The van der Waals surface area contributed by atoms with Gasteiger partial charge in [-0.15, -0.1) is 0 Å². The summed E-state index contributed by atoms with van der Waals surface area (Å²) in [4.78, 5) is 14.1. The molecule has 0 atom stereocenters. The molecule has 1 aromatic carbocycles. The molecule has 4 nitrogen and oxygen atoms in total. The van der Waals surface area contributed by atoms with Gasteiger partial charge in [-0.1, -0.05) is 15.9 Å². The van der Waals surface area contributed by atoms with E-state index in [0.717, 1.165) is 23.1 Å². The van der Waals surface area contributed by atoms with Crippen LogP contribution in [0.25, 0.3) is 0 Å². The van der Waals surface area contributed by atoms with Gasteiger partial charge in [-0.2, -0.15) is 0 Å². The highest BCUT2D eigenvalue weighted by molar-refractivity contribution is 9.10. The molecule has 19 heavy (non-hydrogen) atoms. The molecule has 0 saturated heterocycles. The van der Waals surface area contributed by atoms with Crippen LogP contribution in [-0.4, -0.2) is 51.2 Å². The predicted octanol–water partition coefficient (Wildman–Crippen LogP) is 2.07. The molecule has 0 heterocycles. The van der Waals surface area contributed by atoms with Gasteiger partial charge >= 0.3 is 0 Å². The lowest BCUT2D eigenvalue weighted by Gasteiger charge is -2.16. The monoisotopic (exact) mass is 328 g/mol. The molecule has 0 unspecified atom stereocenters. The van der Waals surface area contributed by atoms with E-state index < -0.39 is 0 Å². The summed E-state index contributed by atoms with van der Waals surface area (Å²) in [7, 11) is 3.69. The molecule has 0 saturated carbocycles. The van der Waals surface area contributed by atoms with Crippen LogP contribution >= 0.6 is 15.9 Å². The van der Waals surface area contributed by atoms with Gasteiger partial charge in [-0.3, -0.25) is 4.79 Å². The fourth-order valence-corrected chi connectivity index (χ4v) is 1.85. The Hall–Kier alpha value is -0.910. The number of carbonyl (C=O) groups is 1. The summed E-state index contributed by atoms with van der Waals surface area (Å²) in [6.45, 7) is 4.98. The summed E-state index contributed by atoms with van der Waals surface area (Å²) in [5.74, 6) is -0.0317. The average molecular weight is 329 g/mol. The molecule has 0 fully saturated rings. The van der Waals surface area contributed by atoms with Crippen molar-refractivity contribution in [1.29, 1.82) is 0 Å². The van der Waals surface area contributed by atoms with Gasteiger partial charge in [0.15, 0.2) is 0 Å². The molecule has 1 aromatic rings. The predicted molar refractivity (Wildman–Crippen MR) is 80.6 cm³/mol. The minimum atomic E-state index is -0.0317. The Morgan fingerprint density at radius 2 is 2.16 bits per heavy atom. The second-order valence-electron chi connectivity index (χ2n) is 4.52. The summed E-state index contributed by atoms with van der Waals surface area (Å²) in [6.07, 6.45) is 0. The van der Waals surface area contributed by atoms with Crippen molar-refractivity contribution in [2.45, 2.75) is 6.92 Å². The zero-order valence-electron chi connectivity index (χ0n) is 11.7. The highest BCUT2D eigenvalue weighted by Gasteiger charge is 2.06. The summed E-state index contributed by atoms with van der Waals surface area (Å²) < 4.78 is 6.02. The van der Waals surface area contributed by atoms with Gasteiger partial charge in [0.2, 0.25) is 0 Å². The maximum absolute atomic E-state index is 11.9. The molecule has 0 aliphatic heterocycles. The van der Waals surface area contributed by atoms with Crippen molar-refractivity contribution < 1.29 is 9.53 Å². The minimum absolute atomic E-state index is 0.0317. The van der Waals surface area contributed by atoms with E-state index in [0.29, 0.717) is 18.7 Å². The van der Waals surface area contributed by atoms with Gasteiger partial charge in [0.25, 0.3) is 5.91 Å². The van der Waals surface area contributed by atoms with Crippen molar-refractivity contribution >= 4 is 21.8 Å². The number of benzene rings is 1. The van der Waals surface area contributed by atoms with Crippen LogP contribution in [0.2, 0.25) is 0 Å². The molecule has 0 aliphatic rings. The van der Waals surface area contributed by atoms with E-state index in [4.69, 9.17) is 4.74 Å². The lowest BCUT2D eigenvalue weighted by Crippen LogP contribution is -2.34. The van der Waals surface area contributed by atoms with Crippen LogP contribution in [0.15, 0.2) is 22.7 Å². The maximum atomic E-state index is 11.9. The van der Waals surface area contributed by atoms with E-state index in [1.807, 2.05) is 32.2 Å². The second-order valence-corrected chi connectivity index (χ2v) is 5.37. The third-order valence-corrected chi connectivity index (χ3v) is 3.77. The molecule has 1 N–H and O–H groups in total. The van der Waals surface area contributed by atoms with Gasteiger partial charge in [0.05, 0.1) is 6.61 Å². The van der Waals surface area contributed by atoms with Crippen LogP contribution in [0.1, 0.15) is 15.9 Å². The summed E-state index contributed by atoms with van der Waals surface area (Å²) in [5.41, 5.74) is 1.75. The summed E-state index contributed by atoms with van der Waals surface area (Å²) in [5, 5.41) is 2.92. The minimum Gasteiger partial charge on any atom is -0.383 e. The molecular formula is C14H21BrN2O2. The Labute approximate surface area is 123 Å². The number of aryl methyl sites for hydroxylation is 1. The SMILES string of the molecule is COCCN(C)CCNC(=O)c1ccc(Br)c(C)c1. The number of methoxy groups -OCH3 is 1. The lowest BCUT2D eigenvalue weighted by atomic mass is 10.1. The second kappa shape index (κ2) is 8.30. The van der Waals surface area contributed by atoms with Crippen molar-refractivity contribution in [2.24, 2.45) is 0 Å². The fourth-order valence-electron chi connectivity index (χ4n) is 1.61. The Bertz CT molecular complexity index is 424. The van der Waals surface area contributed by atoms with Crippen molar-refractivity contribution in [3.63, 3.8) is 0 Å². The molecule has 0 aliphatic carbocycles. The van der Waals surface area contributed by atoms with Gasteiger partial charge in [-0.05, 0) is 37.7 Å². The number of hydrogen-bond acceptors (Lipinski definition) is 3. The highest BCUT2D eigenvalue weighted by Crippen LogP contribution is 2.16. The first-order chi connectivity index (χ1) is 9.04. The van der Waals surface area contributed by atoms with Crippen LogP contribution < -0.4 is 5.32 Å². The van der Waals surface area contributed by atoms with Crippen LogP contribution in [0.5, 0.6) is 0 Å². The van der Waals surface area contributed by atoms with Crippen molar-refractivity contribution in [2.75, 3.05) is 40.4 Å². The standard InChI is InChI=1S/C14H21BrN2O2/c1-11-10-12(4-5-13(11)15)14(18)16-6-7-17(2)8-9-19-3/h4-5,10H,6-9H2,1-3H3,(H,16,18). The maximum Gasteiger partial charge on any atom is 0.251 e. The Morgan fingerprint density at radius 1 is 1.42 bits per heavy atom. The number of carbonyl (C=O) groups excluding carboxylic acids is 1. The molecule has 0 bridgehead atoms. The van der Waals surface area contributed by atoms with E-state index in [1.165, 1.54) is 0 Å². The topological polar surface area (TPSA) is 41.6 Å². The molecule has 5 heteroatoms. The van der Waals surface area contributed by atoms with Gasteiger partial charge < -0.3 is 15.0 Å². The number of rotatable bonds is 7. The van der Waals surface area contributed by atoms with E-state index in [-0.39, 0.29) is 5.91 Å². The number of nitrogens with one attached hydrogen (secondary N) is 1. The van der Waals surface area contributed by atoms with Crippen molar-refractivity contribution in [3.8, 4) is 0 Å². The first kappa shape index (κ1) is 16.1. The molecular weight excluding hydrogens is 308 g/mol.